The highest BCUT2D eigenvalue weighted by atomic mass is 32.2. The first-order chi connectivity index (χ1) is 25.6. The number of nitrogens with zero attached hydrogens (tertiary/aromatic N) is 1. The number of carbonyl (C=O) groups excluding carboxylic acids is 2. The Morgan fingerprint density at radius 2 is 1.80 bits per heavy atom. The molecule has 2 unspecified atom stereocenters. The Morgan fingerprint density at radius 3 is 2.26 bits per heavy atom. The number of carbonyl (C=O) groups is 2. The van der Waals surface area contributed by atoms with Crippen LogP contribution in [-0.2, 0) is 9.59 Å². The van der Waals surface area contributed by atoms with Crippen molar-refractivity contribution in [1.82, 2.24) is 4.90 Å². The summed E-state index contributed by atoms with van der Waals surface area (Å²) in [5.41, 5.74) is 5.88. The molecule has 0 bridgehead atoms. The van der Waals surface area contributed by atoms with Crippen LogP contribution in [0, 0.1) is 5.92 Å². The first kappa shape index (κ1) is 46.7. The van der Waals surface area contributed by atoms with Crippen molar-refractivity contribution < 1.29 is 27.9 Å². The number of amides is 1. The summed E-state index contributed by atoms with van der Waals surface area (Å²) >= 11 is 1.00. The first-order valence-electron chi connectivity index (χ1n) is 19.8. The van der Waals surface area contributed by atoms with E-state index in [4.69, 9.17) is 0 Å². The van der Waals surface area contributed by atoms with Gasteiger partial charge in [-0.15, -0.1) is 11.8 Å². The minimum absolute atomic E-state index is 0.0365. The minimum atomic E-state index is -4.48. The van der Waals surface area contributed by atoms with Crippen molar-refractivity contribution in [3.63, 3.8) is 0 Å². The molecule has 2 N–H and O–H groups in total. The summed E-state index contributed by atoms with van der Waals surface area (Å²) in [6, 6.07) is 5.65. The number of phenols is 1. The molecule has 1 aromatic carbocycles. The normalized spacial score (nSPS) is 18.3. The molecule has 0 radical (unpaired) electrons. The summed E-state index contributed by atoms with van der Waals surface area (Å²) < 4.78 is 41.2. The van der Waals surface area contributed by atoms with Gasteiger partial charge in [0.1, 0.15) is 5.75 Å². The number of phenolic OH excluding ortho intramolecular Hbond substituents is 1. The number of ketones is 1. The van der Waals surface area contributed by atoms with Crippen LogP contribution >= 0.6 is 11.8 Å². The van der Waals surface area contributed by atoms with Gasteiger partial charge in [-0.25, -0.2) is 0 Å². The van der Waals surface area contributed by atoms with Gasteiger partial charge in [0.05, 0.1) is 11.7 Å². The average Bonchev–Trinajstić information content (AvgIpc) is 3.13. The maximum absolute atomic E-state index is 14.4. The lowest BCUT2D eigenvalue weighted by Crippen LogP contribution is -2.46. The number of unbranched alkanes of at least 4 members (excludes halogenated alkanes) is 1. The van der Waals surface area contributed by atoms with Crippen molar-refractivity contribution in [2.45, 2.75) is 144 Å². The Kier molecular flexibility index (Phi) is 19.7. The molecule has 1 saturated carbocycles. The number of thioether (sulfide) groups is 1. The monoisotopic (exact) mass is 770 g/mol. The van der Waals surface area contributed by atoms with Gasteiger partial charge in [-0.05, 0) is 112 Å². The van der Waals surface area contributed by atoms with Crippen LogP contribution in [0.5, 0.6) is 5.75 Å². The lowest BCUT2D eigenvalue weighted by atomic mass is 9.80. The van der Waals surface area contributed by atoms with Crippen molar-refractivity contribution >= 4 is 29.1 Å². The molecule has 1 fully saturated rings. The van der Waals surface area contributed by atoms with E-state index < -0.39 is 11.7 Å². The lowest BCUT2D eigenvalue weighted by Gasteiger charge is -2.41. The molecular weight excluding hydrogens is 706 g/mol. The van der Waals surface area contributed by atoms with Crippen LogP contribution in [0.15, 0.2) is 87.5 Å². The number of hydrogen-bond acceptors (Lipinski definition) is 5. The van der Waals surface area contributed by atoms with E-state index in [0.717, 1.165) is 81.3 Å². The van der Waals surface area contributed by atoms with Crippen molar-refractivity contribution in [3.8, 4) is 5.75 Å². The Bertz CT molecular complexity index is 1600. The Morgan fingerprint density at radius 1 is 1.11 bits per heavy atom. The molecule has 0 saturated heterocycles. The Hall–Kier alpha value is -3.46. The fraction of sp³-hybridized carbons (Fsp3) is 0.556. The van der Waals surface area contributed by atoms with Crippen LogP contribution in [0.2, 0.25) is 0 Å². The van der Waals surface area contributed by atoms with Gasteiger partial charge in [-0.1, -0.05) is 91.2 Å². The summed E-state index contributed by atoms with van der Waals surface area (Å²) in [7, 11) is 0. The zero-order valence-corrected chi connectivity index (χ0v) is 35.0. The molecule has 300 valence electrons. The maximum atomic E-state index is 14.4. The summed E-state index contributed by atoms with van der Waals surface area (Å²) in [5, 5.41) is 14.6. The van der Waals surface area contributed by atoms with Gasteiger partial charge in [-0.3, -0.25) is 9.59 Å². The van der Waals surface area contributed by atoms with Crippen molar-refractivity contribution in [3.05, 3.63) is 93.1 Å². The molecule has 3 rings (SSSR count). The second-order valence-electron chi connectivity index (χ2n) is 14.4. The van der Waals surface area contributed by atoms with Crippen LogP contribution < -0.4 is 5.32 Å². The van der Waals surface area contributed by atoms with Gasteiger partial charge in [0.2, 0.25) is 0 Å². The lowest BCUT2D eigenvalue weighted by molar-refractivity contribution is -0.128. The highest BCUT2D eigenvalue weighted by Gasteiger charge is 2.36. The average molecular weight is 771 g/mol. The number of benzene rings is 1. The van der Waals surface area contributed by atoms with Gasteiger partial charge < -0.3 is 15.3 Å². The standard InChI is InChI=1S/C38H53F3N2O2S.C7H12O/c1-8-12-13-16-29(24-35(46-7)26(6)38(39,40)41)37(45)43-22-21-32(36(33(43)11-4)30(15-9-2)25(5)10-3)42-31-20-19-28(23-34(31)44)27-17-14-18-27;1-4-6(3)7(8)5-2/h13,16,19-20,23-24,27,33,42,44H,8-12,14-15,17-18,21-22H2,1-7H3;5-6H,2,4H2,1,3H3/b16-13+,29-24+,30-25?,35-26-;. The van der Waals surface area contributed by atoms with E-state index in [9.17, 15) is 27.9 Å². The van der Waals surface area contributed by atoms with Crippen molar-refractivity contribution in [1.29, 1.82) is 0 Å². The zero-order chi connectivity index (χ0) is 40.6. The number of rotatable bonds is 17. The number of nitrogens with one attached hydrogen (secondary N) is 1. The SMILES string of the molecule is C=CC(=O)C(C)CC.CCC/C=C/C(=C\C(SC)=C(/C)C(F)(F)F)C(=O)N1CCC(Nc2ccc(C3CCC3)cc2O)=C(C(CCC)=C(C)CC)C1CC. The molecule has 1 aliphatic heterocycles. The second-order valence-corrected chi connectivity index (χ2v) is 15.2. The summed E-state index contributed by atoms with van der Waals surface area (Å²) in [4.78, 5) is 26.9. The number of hydrogen-bond donors (Lipinski definition) is 2. The first-order valence-corrected chi connectivity index (χ1v) is 21.0. The van der Waals surface area contributed by atoms with E-state index in [2.05, 4.69) is 45.7 Å². The third kappa shape index (κ3) is 12.8. The minimum Gasteiger partial charge on any atom is -0.506 e. The van der Waals surface area contributed by atoms with E-state index in [1.165, 1.54) is 35.3 Å². The molecule has 2 aliphatic rings. The van der Waals surface area contributed by atoms with Gasteiger partial charge in [0.15, 0.2) is 5.78 Å². The van der Waals surface area contributed by atoms with Crippen molar-refractivity contribution in [2.24, 2.45) is 5.92 Å². The number of halogens is 3. The van der Waals surface area contributed by atoms with E-state index in [1.807, 2.05) is 43.9 Å². The summed E-state index contributed by atoms with van der Waals surface area (Å²) in [6.07, 6.45) is 13.3. The van der Waals surface area contributed by atoms with E-state index in [-0.39, 0.29) is 39.9 Å². The van der Waals surface area contributed by atoms with E-state index in [0.29, 0.717) is 31.0 Å². The number of aromatic hydroxyl groups is 1. The number of anilines is 1. The number of allylic oxidation sites excluding steroid dienone is 5. The molecule has 5 nitrogen and oxygen atoms in total. The molecule has 2 atom stereocenters. The molecule has 1 heterocycles. The molecule has 54 heavy (non-hydrogen) atoms. The highest BCUT2D eigenvalue weighted by molar-refractivity contribution is 8.02. The molecule has 1 aliphatic carbocycles. The smallest absolute Gasteiger partial charge is 0.413 e. The van der Waals surface area contributed by atoms with Crippen LogP contribution in [0.25, 0.3) is 0 Å². The second kappa shape index (κ2) is 22.8. The predicted octanol–water partition coefficient (Wildman–Crippen LogP) is 13.1. The van der Waals surface area contributed by atoms with Gasteiger partial charge in [-0.2, -0.15) is 13.2 Å². The van der Waals surface area contributed by atoms with Crippen LogP contribution in [-0.4, -0.2) is 46.7 Å². The third-order valence-corrected chi connectivity index (χ3v) is 11.5. The fourth-order valence-electron chi connectivity index (χ4n) is 6.64. The fourth-order valence-corrected chi connectivity index (χ4v) is 7.31. The Labute approximate surface area is 328 Å². The van der Waals surface area contributed by atoms with Crippen LogP contribution in [0.4, 0.5) is 18.9 Å². The number of alkyl halides is 3. The van der Waals surface area contributed by atoms with Crippen LogP contribution in [0.3, 0.4) is 0 Å². The van der Waals surface area contributed by atoms with E-state index in [1.54, 1.807) is 12.3 Å². The molecule has 1 amide bonds. The molecule has 0 spiro atoms. The molecule has 9 heteroatoms. The van der Waals surface area contributed by atoms with Gasteiger partial charge in [0, 0.05) is 40.6 Å². The highest BCUT2D eigenvalue weighted by Crippen LogP contribution is 2.42. The van der Waals surface area contributed by atoms with Gasteiger partial charge in [0.25, 0.3) is 5.91 Å². The summed E-state index contributed by atoms with van der Waals surface area (Å²) in [5.74, 6) is 0.767. The largest absolute Gasteiger partial charge is 0.506 e. The van der Waals surface area contributed by atoms with Gasteiger partial charge >= 0.3 is 6.18 Å². The van der Waals surface area contributed by atoms with Crippen LogP contribution in [0.1, 0.15) is 138 Å². The third-order valence-electron chi connectivity index (χ3n) is 10.6. The zero-order valence-electron chi connectivity index (χ0n) is 34.2. The predicted molar refractivity (Wildman–Crippen MR) is 223 cm³/mol. The maximum Gasteiger partial charge on any atom is 0.413 e. The quantitative estimate of drug-likeness (QED) is 0.0938. The molecular formula is C45H65F3N2O3S. The summed E-state index contributed by atoms with van der Waals surface area (Å²) in [6.45, 7) is 19.3. The molecule has 1 aromatic rings. The topological polar surface area (TPSA) is 69.6 Å². The Balaban J connectivity index is 0.00000113. The molecule has 0 aromatic heterocycles. The van der Waals surface area contributed by atoms with Crippen molar-refractivity contribution in [2.75, 3.05) is 18.1 Å². The van der Waals surface area contributed by atoms with E-state index >= 15 is 0 Å².